The molecule has 0 radical (unpaired) electrons. The van der Waals surface area contributed by atoms with Gasteiger partial charge in [0.2, 0.25) is 0 Å². The van der Waals surface area contributed by atoms with Gasteiger partial charge in [0.15, 0.2) is 16.7 Å². The third kappa shape index (κ3) is 2.32. The lowest BCUT2D eigenvalue weighted by atomic mass is 10.2. The van der Waals surface area contributed by atoms with Crippen LogP contribution in [0.5, 0.6) is 0 Å². The summed E-state index contributed by atoms with van der Waals surface area (Å²) in [5, 5.41) is 12.4. The maximum Gasteiger partial charge on any atom is 0.165 e. The van der Waals surface area contributed by atoms with Crippen LogP contribution < -0.4 is 5.73 Å². The van der Waals surface area contributed by atoms with E-state index in [0.717, 1.165) is 4.09 Å². The predicted molar refractivity (Wildman–Crippen MR) is 64.5 cm³/mol. The molecule has 8 heteroatoms. The van der Waals surface area contributed by atoms with Gasteiger partial charge in [0.25, 0.3) is 0 Å². The zero-order valence-corrected chi connectivity index (χ0v) is 11.0. The highest BCUT2D eigenvalue weighted by atomic mass is 35.5. The summed E-state index contributed by atoms with van der Waals surface area (Å²) in [6, 6.07) is 3.15. The first-order valence-electron chi connectivity index (χ1n) is 4.27. The molecule has 0 spiro atoms. The maximum atomic E-state index is 12.1. The number of aromatic nitrogens is 2. The van der Waals surface area contributed by atoms with Gasteiger partial charge in [-0.1, -0.05) is 0 Å². The Kier molecular flexibility index (Phi) is 3.84. The molecule has 2 N–H and O–H groups in total. The van der Waals surface area contributed by atoms with E-state index < -0.39 is 20.6 Å². The molecule has 1 aromatic rings. The van der Waals surface area contributed by atoms with Crippen LogP contribution in [0.1, 0.15) is 19.5 Å². The zero-order chi connectivity index (χ0) is 12.5. The lowest BCUT2D eigenvalue weighted by Crippen LogP contribution is -2.38. The second kappa shape index (κ2) is 4.62. The first-order chi connectivity index (χ1) is 7.30. The molecule has 1 unspecified atom stereocenters. The van der Waals surface area contributed by atoms with E-state index in [2.05, 4.69) is 5.10 Å². The predicted octanol–water partition coefficient (Wildman–Crippen LogP) is 1.43. The third-order valence-electron chi connectivity index (χ3n) is 1.95. The van der Waals surface area contributed by atoms with Gasteiger partial charge >= 0.3 is 0 Å². The molecule has 0 aliphatic heterocycles. The van der Waals surface area contributed by atoms with Crippen molar-refractivity contribution in [1.29, 1.82) is 5.26 Å². The number of hydrogen-bond donors (Lipinski definition) is 1. The summed E-state index contributed by atoms with van der Waals surface area (Å²) in [5.74, 6) is 0.136. The van der Waals surface area contributed by atoms with E-state index in [-0.39, 0.29) is 11.5 Å². The summed E-state index contributed by atoms with van der Waals surface area (Å²) in [6.45, 7) is 3.25. The van der Waals surface area contributed by atoms with Crippen molar-refractivity contribution in [3.8, 4) is 6.07 Å². The van der Waals surface area contributed by atoms with E-state index in [1.807, 2.05) is 6.07 Å². The lowest BCUT2D eigenvalue weighted by Gasteiger charge is -2.24. The highest BCUT2D eigenvalue weighted by molar-refractivity contribution is 7.85. The Bertz CT molecular complexity index is 463. The molecule has 1 aromatic heterocycles. The Hall–Kier alpha value is -0.770. The second-order valence-corrected chi connectivity index (χ2v) is 6.59. The first-order valence-corrected chi connectivity index (χ1v) is 6.24. The number of alkyl halides is 2. The molecule has 0 bridgehead atoms. The van der Waals surface area contributed by atoms with Gasteiger partial charge in [-0.25, -0.2) is 4.21 Å². The fourth-order valence-electron chi connectivity index (χ4n) is 0.866. The molecular formula is C8H10Cl2N4OS. The van der Waals surface area contributed by atoms with Crippen molar-refractivity contribution in [3.05, 3.63) is 11.8 Å². The van der Waals surface area contributed by atoms with Gasteiger partial charge in [0, 0.05) is 6.07 Å². The van der Waals surface area contributed by atoms with E-state index in [0.29, 0.717) is 0 Å². The Morgan fingerprint density at radius 2 is 2.25 bits per heavy atom. The SMILES string of the molecule is CC(C)(C(Cl)Cl)S(=O)n1nc(C#N)cc1N. The molecule has 0 aromatic carbocycles. The van der Waals surface area contributed by atoms with Gasteiger partial charge in [0.1, 0.15) is 16.7 Å². The Morgan fingerprint density at radius 1 is 1.69 bits per heavy atom. The van der Waals surface area contributed by atoms with Crippen LogP contribution in [0.3, 0.4) is 0 Å². The van der Waals surface area contributed by atoms with Gasteiger partial charge in [0.05, 0.1) is 4.75 Å². The Balaban J connectivity index is 3.16. The number of hydrogen-bond acceptors (Lipinski definition) is 4. The van der Waals surface area contributed by atoms with E-state index >= 15 is 0 Å². The largest absolute Gasteiger partial charge is 0.383 e. The average Bonchev–Trinajstić information content (AvgIpc) is 2.58. The number of nitriles is 1. The summed E-state index contributed by atoms with van der Waals surface area (Å²) in [7, 11) is -1.65. The number of rotatable bonds is 3. The fraction of sp³-hybridized carbons (Fsp3) is 0.500. The molecule has 0 fully saturated rings. The topological polar surface area (TPSA) is 84.7 Å². The van der Waals surface area contributed by atoms with Crippen molar-refractivity contribution >= 4 is 40.0 Å². The normalized spacial score (nSPS) is 13.8. The van der Waals surface area contributed by atoms with E-state index in [1.165, 1.54) is 6.07 Å². The number of nitrogens with two attached hydrogens (primary N) is 1. The minimum Gasteiger partial charge on any atom is -0.383 e. The van der Waals surface area contributed by atoms with Crippen LogP contribution in [0.15, 0.2) is 6.07 Å². The molecule has 16 heavy (non-hydrogen) atoms. The minimum absolute atomic E-state index is 0.0994. The summed E-state index contributed by atoms with van der Waals surface area (Å²) < 4.78 is 12.2. The average molecular weight is 281 g/mol. The standard InChI is InChI=1S/C8H10Cl2N4OS/c1-8(2,7(9)10)16(15)14-6(12)3-5(4-11)13-14/h3,7H,12H2,1-2H3. The van der Waals surface area contributed by atoms with Gasteiger partial charge in [-0.05, 0) is 13.8 Å². The van der Waals surface area contributed by atoms with Crippen molar-refractivity contribution in [1.82, 2.24) is 9.19 Å². The van der Waals surface area contributed by atoms with Crippen LogP contribution in [0, 0.1) is 11.3 Å². The van der Waals surface area contributed by atoms with Gasteiger partial charge < -0.3 is 5.73 Å². The van der Waals surface area contributed by atoms with Crippen LogP contribution in [0.2, 0.25) is 0 Å². The number of nitrogens with zero attached hydrogens (tertiary/aromatic N) is 3. The van der Waals surface area contributed by atoms with Crippen molar-refractivity contribution in [2.24, 2.45) is 0 Å². The molecule has 0 saturated heterocycles. The van der Waals surface area contributed by atoms with Crippen molar-refractivity contribution < 1.29 is 4.21 Å². The van der Waals surface area contributed by atoms with E-state index in [9.17, 15) is 4.21 Å². The molecule has 1 rings (SSSR count). The molecule has 88 valence electrons. The molecule has 0 aliphatic rings. The molecule has 0 saturated carbocycles. The first kappa shape index (κ1) is 13.3. The monoisotopic (exact) mass is 280 g/mol. The van der Waals surface area contributed by atoms with Crippen LogP contribution in [-0.2, 0) is 11.0 Å². The number of anilines is 1. The maximum absolute atomic E-state index is 12.1. The van der Waals surface area contributed by atoms with Crippen LogP contribution in [0.25, 0.3) is 0 Å². The molecule has 0 aliphatic carbocycles. The van der Waals surface area contributed by atoms with Gasteiger partial charge in [-0.2, -0.15) is 9.35 Å². The van der Waals surface area contributed by atoms with Gasteiger partial charge in [-0.15, -0.1) is 28.3 Å². The Morgan fingerprint density at radius 3 is 2.62 bits per heavy atom. The zero-order valence-electron chi connectivity index (χ0n) is 8.65. The summed E-state index contributed by atoms with van der Waals surface area (Å²) in [5.41, 5.74) is 5.68. The second-order valence-electron chi connectivity index (χ2n) is 3.59. The molecule has 1 atom stereocenters. The quantitative estimate of drug-likeness (QED) is 0.849. The van der Waals surface area contributed by atoms with Gasteiger partial charge in [-0.3, -0.25) is 0 Å². The van der Waals surface area contributed by atoms with Crippen molar-refractivity contribution in [2.75, 3.05) is 5.73 Å². The van der Waals surface area contributed by atoms with E-state index in [1.54, 1.807) is 13.8 Å². The van der Waals surface area contributed by atoms with Crippen LogP contribution in [0.4, 0.5) is 5.82 Å². The lowest BCUT2D eigenvalue weighted by molar-refractivity contribution is 0.628. The molecular weight excluding hydrogens is 271 g/mol. The summed E-state index contributed by atoms with van der Waals surface area (Å²) >= 11 is 11.5. The molecule has 1 heterocycles. The minimum atomic E-state index is -1.65. The summed E-state index contributed by atoms with van der Waals surface area (Å²) in [4.78, 5) is -0.845. The van der Waals surface area contributed by atoms with Crippen LogP contribution >= 0.6 is 23.2 Å². The smallest absolute Gasteiger partial charge is 0.165 e. The molecule has 5 nitrogen and oxygen atoms in total. The van der Waals surface area contributed by atoms with Crippen molar-refractivity contribution in [2.45, 2.75) is 23.4 Å². The fourth-order valence-corrected chi connectivity index (χ4v) is 2.33. The number of halogens is 2. The van der Waals surface area contributed by atoms with E-state index in [4.69, 9.17) is 34.2 Å². The highest BCUT2D eigenvalue weighted by Gasteiger charge is 2.36. The Labute approximate surface area is 106 Å². The van der Waals surface area contributed by atoms with Crippen molar-refractivity contribution in [3.63, 3.8) is 0 Å². The third-order valence-corrected chi connectivity index (χ3v) is 5.04. The highest BCUT2D eigenvalue weighted by Crippen LogP contribution is 2.27. The number of nitrogen functional groups attached to an aromatic ring is 1. The van der Waals surface area contributed by atoms with Crippen LogP contribution in [-0.4, -0.2) is 23.0 Å². The summed E-state index contributed by atoms with van der Waals surface area (Å²) in [6.07, 6.45) is 0. The molecule has 0 amide bonds.